The molecule has 1 unspecified atom stereocenters. The number of rotatable bonds is 2. The summed E-state index contributed by atoms with van der Waals surface area (Å²) in [6.45, 7) is 1.88. The Hall–Kier alpha value is -3.10. The number of nitrogens with zero attached hydrogens (tertiary/aromatic N) is 3. The van der Waals surface area contributed by atoms with Gasteiger partial charge in [0.1, 0.15) is 12.4 Å². The summed E-state index contributed by atoms with van der Waals surface area (Å²) in [6, 6.07) is 4.83. The molecule has 170 valence electrons. The van der Waals surface area contributed by atoms with E-state index in [4.69, 9.17) is 9.72 Å². The monoisotopic (exact) mass is 449 g/mol. The van der Waals surface area contributed by atoms with Gasteiger partial charge in [-0.3, -0.25) is 4.79 Å². The van der Waals surface area contributed by atoms with Gasteiger partial charge < -0.3 is 19.3 Å². The minimum Gasteiger partial charge on any atom is -0.458 e. The number of carbonyl (C=O) groups excluding carboxylic acids is 1. The Balaban J connectivity index is 1.65. The Morgan fingerprint density at radius 3 is 2.76 bits per heavy atom. The Morgan fingerprint density at radius 2 is 2.03 bits per heavy atom. The molecule has 33 heavy (non-hydrogen) atoms. The van der Waals surface area contributed by atoms with Crippen molar-refractivity contribution in [1.29, 1.82) is 0 Å². The van der Waals surface area contributed by atoms with E-state index in [2.05, 4.69) is 4.90 Å². The fraction of sp³-hybridized carbons (Fsp3) is 0.400. The molecule has 2 aliphatic heterocycles. The van der Waals surface area contributed by atoms with Crippen LogP contribution in [0.5, 0.6) is 0 Å². The van der Waals surface area contributed by atoms with E-state index < -0.39 is 11.6 Å². The summed E-state index contributed by atoms with van der Waals surface area (Å²) in [5.41, 5.74) is 3.15. The van der Waals surface area contributed by atoms with Crippen LogP contribution in [0.3, 0.4) is 0 Å². The van der Waals surface area contributed by atoms with Crippen molar-refractivity contribution in [2.24, 2.45) is 0 Å². The summed E-state index contributed by atoms with van der Waals surface area (Å²) in [5, 5.41) is 12.0. The first-order chi connectivity index (χ1) is 15.7. The van der Waals surface area contributed by atoms with Gasteiger partial charge in [0, 0.05) is 28.6 Å². The predicted molar refractivity (Wildman–Crippen MR) is 119 cm³/mol. The van der Waals surface area contributed by atoms with Gasteiger partial charge in [-0.15, -0.1) is 0 Å². The van der Waals surface area contributed by atoms with Crippen molar-refractivity contribution in [2.75, 3.05) is 14.1 Å². The molecule has 0 fully saturated rings. The molecule has 2 atom stereocenters. The van der Waals surface area contributed by atoms with Gasteiger partial charge in [0.15, 0.2) is 5.60 Å². The van der Waals surface area contributed by atoms with Crippen molar-refractivity contribution in [1.82, 2.24) is 14.5 Å². The molecule has 0 spiro atoms. The van der Waals surface area contributed by atoms with Gasteiger partial charge in [0.2, 0.25) is 0 Å². The summed E-state index contributed by atoms with van der Waals surface area (Å²) < 4.78 is 21.4. The van der Waals surface area contributed by atoms with Crippen LogP contribution in [-0.2, 0) is 34.7 Å². The maximum atomic E-state index is 14.6. The van der Waals surface area contributed by atoms with Gasteiger partial charge in [0.25, 0.3) is 5.56 Å². The van der Waals surface area contributed by atoms with Gasteiger partial charge in [-0.2, -0.15) is 0 Å². The molecule has 0 amide bonds. The lowest BCUT2D eigenvalue weighted by molar-refractivity contribution is -0.172. The van der Waals surface area contributed by atoms with Gasteiger partial charge >= 0.3 is 5.97 Å². The quantitative estimate of drug-likeness (QED) is 0.474. The first-order valence-corrected chi connectivity index (χ1v) is 11.2. The number of aromatic nitrogens is 2. The lowest BCUT2D eigenvalue weighted by atomic mass is 9.83. The number of aliphatic hydroxyl groups is 1. The van der Waals surface area contributed by atoms with Gasteiger partial charge in [-0.1, -0.05) is 6.92 Å². The number of cyclic esters (lactones) is 1. The van der Waals surface area contributed by atoms with Crippen molar-refractivity contribution in [3.05, 3.63) is 62.2 Å². The first kappa shape index (κ1) is 20.5. The zero-order valence-electron chi connectivity index (χ0n) is 18.7. The van der Waals surface area contributed by atoms with Crippen molar-refractivity contribution >= 4 is 16.9 Å². The Labute approximate surface area is 189 Å². The number of ether oxygens (including phenoxy) is 1. The molecule has 0 radical (unpaired) electrons. The highest BCUT2D eigenvalue weighted by Gasteiger charge is 2.45. The number of pyridine rings is 2. The molecule has 0 saturated carbocycles. The molecule has 2 aromatic heterocycles. The third kappa shape index (κ3) is 2.59. The van der Waals surface area contributed by atoms with Crippen LogP contribution in [0.4, 0.5) is 4.39 Å². The second kappa shape index (κ2) is 6.71. The number of esters is 1. The van der Waals surface area contributed by atoms with E-state index in [-0.39, 0.29) is 36.0 Å². The largest absolute Gasteiger partial charge is 0.458 e. The van der Waals surface area contributed by atoms with Crippen LogP contribution in [0.1, 0.15) is 53.6 Å². The molecule has 1 aromatic carbocycles. The van der Waals surface area contributed by atoms with Crippen molar-refractivity contribution in [2.45, 2.75) is 51.0 Å². The standard InChI is InChI=1S/C25H24FN3O4/c1-4-25(32)17-9-20-22-15(10-29(20)23(30)16(17)11-33-24(25)31)13-5-6-19(28(2)3)14-7-12(26)8-18(27-22)21(13)14/h7-9,19,32H,4-6,10-11H2,1-3H3/t19?,25-/m0/s1. The molecular formula is C25H24FN3O4. The molecule has 3 aliphatic rings. The summed E-state index contributed by atoms with van der Waals surface area (Å²) in [4.78, 5) is 32.7. The Morgan fingerprint density at radius 1 is 1.24 bits per heavy atom. The topological polar surface area (TPSA) is 84.7 Å². The number of halogens is 1. The number of hydrogen-bond donors (Lipinski definition) is 1. The average Bonchev–Trinajstić information content (AvgIpc) is 3.15. The van der Waals surface area contributed by atoms with Gasteiger partial charge in [0.05, 0.1) is 29.0 Å². The van der Waals surface area contributed by atoms with Crippen molar-refractivity contribution < 1.29 is 19.0 Å². The van der Waals surface area contributed by atoms with Crippen molar-refractivity contribution in [3.63, 3.8) is 0 Å². The molecular weight excluding hydrogens is 425 g/mol. The van der Waals surface area contributed by atoms with Crippen LogP contribution in [0.25, 0.3) is 22.3 Å². The second-order valence-electron chi connectivity index (χ2n) is 9.43. The van der Waals surface area contributed by atoms with E-state index in [9.17, 15) is 19.1 Å². The summed E-state index contributed by atoms with van der Waals surface area (Å²) in [6.07, 6.45) is 1.73. The number of hydrogen-bond acceptors (Lipinski definition) is 6. The van der Waals surface area contributed by atoms with E-state index in [0.29, 0.717) is 29.0 Å². The van der Waals surface area contributed by atoms with E-state index in [1.165, 1.54) is 6.07 Å². The zero-order valence-corrected chi connectivity index (χ0v) is 18.7. The van der Waals surface area contributed by atoms with Crippen LogP contribution in [-0.4, -0.2) is 39.6 Å². The highest BCUT2D eigenvalue weighted by molar-refractivity contribution is 5.92. The Bertz CT molecular complexity index is 1440. The third-order valence-electron chi connectivity index (χ3n) is 7.55. The molecule has 3 aromatic rings. The fourth-order valence-corrected chi connectivity index (χ4v) is 5.82. The highest BCUT2D eigenvalue weighted by Crippen LogP contribution is 2.45. The molecule has 7 nitrogen and oxygen atoms in total. The maximum Gasteiger partial charge on any atom is 0.343 e. The van der Waals surface area contributed by atoms with E-state index in [1.54, 1.807) is 23.6 Å². The van der Waals surface area contributed by atoms with Gasteiger partial charge in [-0.25, -0.2) is 14.2 Å². The summed E-state index contributed by atoms with van der Waals surface area (Å²) in [5.74, 6) is -1.09. The number of aryl methyl sites for hydroxylation is 1. The number of carbonyl (C=O) groups is 1. The smallest absolute Gasteiger partial charge is 0.343 e. The lowest BCUT2D eigenvalue weighted by Crippen LogP contribution is -2.44. The maximum absolute atomic E-state index is 14.6. The predicted octanol–water partition coefficient (Wildman–Crippen LogP) is 2.77. The van der Waals surface area contributed by atoms with Crippen LogP contribution < -0.4 is 5.56 Å². The average molecular weight is 449 g/mol. The van der Waals surface area contributed by atoms with Gasteiger partial charge in [-0.05, 0) is 56.6 Å². The number of fused-ring (bicyclic) bond motifs is 5. The molecule has 0 bridgehead atoms. The molecule has 1 N–H and O–H groups in total. The normalized spacial score (nSPS) is 22.8. The minimum atomic E-state index is -1.87. The zero-order chi connectivity index (χ0) is 23.2. The van der Waals surface area contributed by atoms with Crippen LogP contribution >= 0.6 is 0 Å². The molecule has 1 aliphatic carbocycles. The highest BCUT2D eigenvalue weighted by atomic mass is 19.1. The number of benzene rings is 1. The van der Waals surface area contributed by atoms with E-state index in [1.807, 2.05) is 14.1 Å². The van der Waals surface area contributed by atoms with E-state index in [0.717, 1.165) is 34.9 Å². The molecule has 4 heterocycles. The fourth-order valence-electron chi connectivity index (χ4n) is 5.82. The van der Waals surface area contributed by atoms with Crippen LogP contribution in [0.2, 0.25) is 0 Å². The van der Waals surface area contributed by atoms with Crippen molar-refractivity contribution in [3.8, 4) is 11.4 Å². The summed E-state index contributed by atoms with van der Waals surface area (Å²) >= 11 is 0. The van der Waals surface area contributed by atoms with E-state index >= 15 is 0 Å². The SMILES string of the molecule is CC[C@@]1(O)C(=O)OCc2c1cc1n(c2=O)Cc2c-1nc1cc(F)cc3c1c2CCC3N(C)C. The first-order valence-electron chi connectivity index (χ1n) is 11.2. The minimum absolute atomic E-state index is 0.0888. The molecule has 0 saturated heterocycles. The second-order valence-corrected chi connectivity index (χ2v) is 9.43. The Kier molecular flexibility index (Phi) is 4.17. The molecule has 6 rings (SSSR count). The summed E-state index contributed by atoms with van der Waals surface area (Å²) in [7, 11) is 3.98. The lowest BCUT2D eigenvalue weighted by Gasteiger charge is -2.31. The molecule has 8 heteroatoms. The van der Waals surface area contributed by atoms with Crippen LogP contribution in [0.15, 0.2) is 23.0 Å². The van der Waals surface area contributed by atoms with Crippen LogP contribution in [0, 0.1) is 5.82 Å². The third-order valence-corrected chi connectivity index (χ3v) is 7.55.